The fraction of sp³-hybridized carbons (Fsp3) is 0. The summed E-state index contributed by atoms with van der Waals surface area (Å²) in [6, 6.07) is 12.3. The largest absolute Gasteiger partial charge is 0.318 e. The minimum atomic E-state index is -0.459. The van der Waals surface area contributed by atoms with Crippen LogP contribution in [0.3, 0.4) is 0 Å². The molecule has 0 aliphatic carbocycles. The van der Waals surface area contributed by atoms with Gasteiger partial charge < -0.3 is 5.43 Å². The number of fused-ring (bicyclic) bond motifs is 1. The van der Waals surface area contributed by atoms with Gasteiger partial charge in [-0.05, 0) is 24.3 Å². The first-order valence-corrected chi connectivity index (χ1v) is 5.89. The quantitative estimate of drug-likeness (QED) is 0.431. The SMILES string of the molecule is NNc1cccc(-n2cnc3ccccc32)c1[N+](=O)[O-]. The summed E-state index contributed by atoms with van der Waals surface area (Å²) in [5, 5.41) is 11.3. The first-order chi connectivity index (χ1) is 9.72. The molecule has 1 heterocycles. The molecule has 0 bridgehead atoms. The molecule has 0 fully saturated rings. The number of hydrazine groups is 1. The van der Waals surface area contributed by atoms with Crippen molar-refractivity contribution in [2.45, 2.75) is 0 Å². The highest BCUT2D eigenvalue weighted by Crippen LogP contribution is 2.32. The van der Waals surface area contributed by atoms with E-state index >= 15 is 0 Å². The maximum atomic E-state index is 11.3. The minimum absolute atomic E-state index is 0.0850. The Hall–Kier alpha value is -2.93. The Labute approximate surface area is 113 Å². The third kappa shape index (κ3) is 1.77. The highest BCUT2D eigenvalue weighted by atomic mass is 16.6. The molecule has 0 aliphatic rings. The fourth-order valence-electron chi connectivity index (χ4n) is 2.19. The van der Waals surface area contributed by atoms with Gasteiger partial charge in [0, 0.05) is 0 Å². The Morgan fingerprint density at radius 1 is 1.20 bits per heavy atom. The number of anilines is 1. The Bertz CT molecular complexity index is 796. The molecule has 0 amide bonds. The second kappa shape index (κ2) is 4.63. The number of aromatic nitrogens is 2. The summed E-state index contributed by atoms with van der Waals surface area (Å²) in [7, 11) is 0. The molecule has 2 aromatic carbocycles. The Balaban J connectivity index is 2.32. The minimum Gasteiger partial charge on any atom is -0.318 e. The van der Waals surface area contributed by atoms with Crippen LogP contribution in [-0.2, 0) is 0 Å². The fourth-order valence-corrected chi connectivity index (χ4v) is 2.19. The maximum absolute atomic E-state index is 11.3. The van der Waals surface area contributed by atoms with Crippen LogP contribution in [0.25, 0.3) is 16.7 Å². The molecule has 0 radical (unpaired) electrons. The molecule has 0 unspecified atom stereocenters. The highest BCUT2D eigenvalue weighted by molar-refractivity contribution is 5.80. The second-order valence-corrected chi connectivity index (χ2v) is 4.18. The van der Waals surface area contributed by atoms with Crippen molar-refractivity contribution >= 4 is 22.4 Å². The molecule has 0 spiro atoms. The van der Waals surface area contributed by atoms with Crippen LogP contribution in [0.2, 0.25) is 0 Å². The topological polar surface area (TPSA) is 99.0 Å². The average molecular weight is 269 g/mol. The van der Waals surface area contributed by atoms with E-state index in [1.807, 2.05) is 24.3 Å². The van der Waals surface area contributed by atoms with E-state index in [-0.39, 0.29) is 11.4 Å². The van der Waals surface area contributed by atoms with Gasteiger partial charge in [-0.25, -0.2) is 4.98 Å². The predicted molar refractivity (Wildman–Crippen MR) is 75.5 cm³/mol. The van der Waals surface area contributed by atoms with E-state index in [1.54, 1.807) is 29.1 Å². The summed E-state index contributed by atoms with van der Waals surface area (Å²) in [6.07, 6.45) is 1.56. The monoisotopic (exact) mass is 269 g/mol. The molecular weight excluding hydrogens is 258 g/mol. The molecule has 0 saturated carbocycles. The van der Waals surface area contributed by atoms with Gasteiger partial charge in [0.15, 0.2) is 0 Å². The molecule has 0 atom stereocenters. The number of nitrogen functional groups attached to an aromatic ring is 1. The van der Waals surface area contributed by atoms with Gasteiger partial charge in [-0.3, -0.25) is 20.5 Å². The number of hydrogen-bond acceptors (Lipinski definition) is 5. The van der Waals surface area contributed by atoms with Gasteiger partial charge in [-0.2, -0.15) is 0 Å². The standard InChI is InChI=1S/C13H11N5O2/c14-16-10-5-3-7-12(13(10)18(19)20)17-8-15-9-4-1-2-6-11(9)17/h1-8,16H,14H2. The molecule has 3 N–H and O–H groups in total. The first-order valence-electron chi connectivity index (χ1n) is 5.89. The van der Waals surface area contributed by atoms with Crippen molar-refractivity contribution in [2.75, 3.05) is 5.43 Å². The summed E-state index contributed by atoms with van der Waals surface area (Å²) >= 11 is 0. The van der Waals surface area contributed by atoms with Gasteiger partial charge in [-0.1, -0.05) is 18.2 Å². The number of nitrogens with two attached hydrogens (primary N) is 1. The average Bonchev–Trinajstić information content (AvgIpc) is 2.90. The van der Waals surface area contributed by atoms with E-state index in [1.165, 1.54) is 0 Å². The summed E-state index contributed by atoms with van der Waals surface area (Å²) in [5.41, 5.74) is 4.50. The Morgan fingerprint density at radius 2 is 2.00 bits per heavy atom. The predicted octanol–water partition coefficient (Wildman–Crippen LogP) is 2.22. The van der Waals surface area contributed by atoms with Crippen molar-refractivity contribution in [1.82, 2.24) is 9.55 Å². The number of imidazole rings is 1. The van der Waals surface area contributed by atoms with Crippen molar-refractivity contribution in [1.29, 1.82) is 0 Å². The number of nitrogens with one attached hydrogen (secondary N) is 1. The Morgan fingerprint density at radius 3 is 2.75 bits per heavy atom. The van der Waals surface area contributed by atoms with Crippen LogP contribution in [0.5, 0.6) is 0 Å². The Kier molecular flexibility index (Phi) is 2.81. The molecule has 0 saturated heterocycles. The third-order valence-electron chi connectivity index (χ3n) is 3.07. The van der Waals surface area contributed by atoms with Gasteiger partial charge in [-0.15, -0.1) is 0 Å². The summed E-state index contributed by atoms with van der Waals surface area (Å²) in [5.74, 6) is 5.34. The van der Waals surface area contributed by atoms with Crippen molar-refractivity contribution in [3.8, 4) is 5.69 Å². The lowest BCUT2D eigenvalue weighted by atomic mass is 10.2. The van der Waals surface area contributed by atoms with E-state index < -0.39 is 4.92 Å². The number of nitrogens with zero attached hydrogens (tertiary/aromatic N) is 3. The van der Waals surface area contributed by atoms with E-state index in [4.69, 9.17) is 5.84 Å². The smallest absolute Gasteiger partial charge is 0.317 e. The number of nitro benzene ring substituents is 1. The number of para-hydroxylation sites is 3. The zero-order valence-electron chi connectivity index (χ0n) is 10.4. The van der Waals surface area contributed by atoms with Crippen LogP contribution in [0.1, 0.15) is 0 Å². The van der Waals surface area contributed by atoms with Crippen molar-refractivity contribution < 1.29 is 4.92 Å². The molecular formula is C13H11N5O2. The second-order valence-electron chi connectivity index (χ2n) is 4.18. The molecule has 3 aromatic rings. The zero-order chi connectivity index (χ0) is 14.1. The molecule has 1 aromatic heterocycles. The van der Waals surface area contributed by atoms with E-state index in [0.717, 1.165) is 11.0 Å². The van der Waals surface area contributed by atoms with Gasteiger partial charge in [0.25, 0.3) is 0 Å². The van der Waals surface area contributed by atoms with Crippen LogP contribution >= 0.6 is 0 Å². The number of rotatable bonds is 3. The van der Waals surface area contributed by atoms with Gasteiger partial charge >= 0.3 is 5.69 Å². The van der Waals surface area contributed by atoms with Crippen molar-refractivity contribution in [3.05, 3.63) is 58.9 Å². The molecule has 20 heavy (non-hydrogen) atoms. The van der Waals surface area contributed by atoms with Crippen LogP contribution in [0.15, 0.2) is 48.8 Å². The van der Waals surface area contributed by atoms with E-state index in [9.17, 15) is 10.1 Å². The number of benzene rings is 2. The lowest BCUT2D eigenvalue weighted by molar-refractivity contribution is -0.383. The molecule has 3 rings (SSSR count). The summed E-state index contributed by atoms with van der Waals surface area (Å²) < 4.78 is 1.67. The molecule has 7 heteroatoms. The maximum Gasteiger partial charge on any atom is 0.317 e. The lowest BCUT2D eigenvalue weighted by Crippen LogP contribution is -2.10. The lowest BCUT2D eigenvalue weighted by Gasteiger charge is -2.08. The van der Waals surface area contributed by atoms with Crippen LogP contribution < -0.4 is 11.3 Å². The molecule has 100 valence electrons. The molecule has 7 nitrogen and oxygen atoms in total. The highest BCUT2D eigenvalue weighted by Gasteiger charge is 2.21. The van der Waals surface area contributed by atoms with Gasteiger partial charge in [0.2, 0.25) is 0 Å². The first kappa shape index (κ1) is 12.1. The number of nitro groups is 1. The van der Waals surface area contributed by atoms with Crippen LogP contribution in [0, 0.1) is 10.1 Å². The zero-order valence-corrected chi connectivity index (χ0v) is 10.4. The molecule has 0 aliphatic heterocycles. The summed E-state index contributed by atoms with van der Waals surface area (Å²) in [4.78, 5) is 15.1. The van der Waals surface area contributed by atoms with Gasteiger partial charge in [0.05, 0.1) is 16.0 Å². The van der Waals surface area contributed by atoms with Crippen LogP contribution in [-0.4, -0.2) is 14.5 Å². The third-order valence-corrected chi connectivity index (χ3v) is 3.07. The van der Waals surface area contributed by atoms with Crippen LogP contribution in [0.4, 0.5) is 11.4 Å². The normalized spacial score (nSPS) is 10.7. The van der Waals surface area contributed by atoms with E-state index in [2.05, 4.69) is 10.4 Å². The number of hydrogen-bond donors (Lipinski definition) is 2. The van der Waals surface area contributed by atoms with E-state index in [0.29, 0.717) is 5.69 Å². The summed E-state index contributed by atoms with van der Waals surface area (Å²) in [6.45, 7) is 0. The van der Waals surface area contributed by atoms with Crippen molar-refractivity contribution in [3.63, 3.8) is 0 Å². The van der Waals surface area contributed by atoms with Crippen molar-refractivity contribution in [2.24, 2.45) is 5.84 Å². The van der Waals surface area contributed by atoms with Gasteiger partial charge in [0.1, 0.15) is 17.7 Å².